The molecule has 0 N–H and O–H groups in total. The van der Waals surface area contributed by atoms with Crippen molar-refractivity contribution in [3.05, 3.63) is 126 Å². The Bertz CT molecular complexity index is 2320. The SMILES string of the molecule is CCn1nc(C(=O)[O-])c(=O)c2cc3c(cc21)OCO3.[Cl-].[Cl-].[Ru+3].c1cnc2c(c1)ccc1cccnc12.c1cnc2c(c1)ccc1cccnc12. The quantitative estimate of drug-likeness (QED) is 0.159. The van der Waals surface area contributed by atoms with E-state index < -0.39 is 17.1 Å². The Labute approximate surface area is 309 Å². The van der Waals surface area contributed by atoms with E-state index in [2.05, 4.69) is 73.6 Å². The molecule has 3 aromatic carbocycles. The summed E-state index contributed by atoms with van der Waals surface area (Å²) in [5.74, 6) is -0.661. The number of rotatable bonds is 2. The van der Waals surface area contributed by atoms with Gasteiger partial charge in [-0.05, 0) is 37.3 Å². The van der Waals surface area contributed by atoms with Crippen LogP contribution in [0.5, 0.6) is 11.5 Å². The zero-order valence-electron chi connectivity index (χ0n) is 26.1. The fraction of sp³-hybridized carbons (Fsp3) is 0.0833. The Morgan fingerprint density at radius 3 is 1.48 bits per heavy atom. The molecule has 0 fully saturated rings. The van der Waals surface area contributed by atoms with Crippen LogP contribution in [0, 0.1) is 0 Å². The molecule has 251 valence electrons. The minimum absolute atomic E-state index is 0. The summed E-state index contributed by atoms with van der Waals surface area (Å²) in [6, 6.07) is 27.4. The number of ether oxygens (including phenoxy) is 2. The summed E-state index contributed by atoms with van der Waals surface area (Å²) in [4.78, 5) is 40.4. The van der Waals surface area contributed by atoms with Crippen LogP contribution in [0.25, 0.3) is 54.5 Å². The molecule has 50 heavy (non-hydrogen) atoms. The Morgan fingerprint density at radius 1 is 0.700 bits per heavy atom. The van der Waals surface area contributed by atoms with E-state index in [1.54, 1.807) is 37.8 Å². The first-order chi connectivity index (χ1) is 23.0. The molecule has 5 aromatic heterocycles. The van der Waals surface area contributed by atoms with Gasteiger partial charge in [0.1, 0.15) is 0 Å². The first-order valence-electron chi connectivity index (χ1n) is 14.7. The van der Waals surface area contributed by atoms with E-state index in [-0.39, 0.29) is 56.5 Å². The molecule has 1 radical (unpaired) electrons. The van der Waals surface area contributed by atoms with Crippen molar-refractivity contribution in [3.8, 4) is 11.5 Å². The van der Waals surface area contributed by atoms with Crippen LogP contribution in [0.3, 0.4) is 0 Å². The predicted octanol–water partition coefficient (Wildman–Crippen LogP) is -0.920. The van der Waals surface area contributed by atoms with Crippen molar-refractivity contribution in [2.24, 2.45) is 0 Å². The van der Waals surface area contributed by atoms with E-state index in [1.807, 2.05) is 24.3 Å². The zero-order valence-corrected chi connectivity index (χ0v) is 29.4. The maximum absolute atomic E-state index is 12.0. The molecule has 0 spiro atoms. The summed E-state index contributed by atoms with van der Waals surface area (Å²) in [6.07, 6.45) is 7.21. The van der Waals surface area contributed by atoms with Gasteiger partial charge in [0.05, 0.1) is 38.9 Å². The van der Waals surface area contributed by atoms with Crippen LogP contribution in [0.2, 0.25) is 0 Å². The third-order valence-electron chi connectivity index (χ3n) is 7.63. The van der Waals surface area contributed by atoms with Gasteiger partial charge < -0.3 is 44.2 Å². The maximum Gasteiger partial charge on any atom is 3.00 e. The summed E-state index contributed by atoms with van der Waals surface area (Å²) in [7, 11) is 0. The summed E-state index contributed by atoms with van der Waals surface area (Å²) in [5.41, 5.74) is 3.13. The second-order valence-corrected chi connectivity index (χ2v) is 10.4. The second-order valence-electron chi connectivity index (χ2n) is 10.4. The first kappa shape index (κ1) is 37.5. The van der Waals surface area contributed by atoms with Crippen LogP contribution < -0.4 is 44.8 Å². The van der Waals surface area contributed by atoms with Gasteiger partial charge in [-0.3, -0.25) is 29.4 Å². The van der Waals surface area contributed by atoms with E-state index >= 15 is 0 Å². The van der Waals surface area contributed by atoms with Gasteiger partial charge in [0.2, 0.25) is 12.2 Å². The molecule has 11 nitrogen and oxygen atoms in total. The largest absolute Gasteiger partial charge is 3.00 e. The number of hydrogen-bond donors (Lipinski definition) is 0. The van der Waals surface area contributed by atoms with Gasteiger partial charge in [-0.2, -0.15) is 5.10 Å². The Balaban J connectivity index is 0.000000166. The normalized spacial score (nSPS) is 11.0. The first-order valence-corrected chi connectivity index (χ1v) is 14.7. The summed E-state index contributed by atoms with van der Waals surface area (Å²) < 4.78 is 11.8. The number of fused-ring (bicyclic) bond motifs is 8. The third kappa shape index (κ3) is 7.33. The van der Waals surface area contributed by atoms with E-state index in [0.29, 0.717) is 23.6 Å². The van der Waals surface area contributed by atoms with Gasteiger partial charge in [0.15, 0.2) is 17.2 Å². The molecule has 1 aliphatic heterocycles. The molecule has 0 amide bonds. The van der Waals surface area contributed by atoms with Crippen LogP contribution in [0.4, 0.5) is 0 Å². The number of halogens is 2. The molecular weight excluding hydrogens is 768 g/mol. The van der Waals surface area contributed by atoms with Crippen molar-refractivity contribution in [2.75, 3.05) is 6.79 Å². The molecule has 0 atom stereocenters. The average Bonchev–Trinajstić information content (AvgIpc) is 3.59. The molecule has 0 unspecified atom stereocenters. The van der Waals surface area contributed by atoms with Crippen molar-refractivity contribution in [2.45, 2.75) is 13.5 Å². The van der Waals surface area contributed by atoms with Crippen LogP contribution in [-0.2, 0) is 26.0 Å². The fourth-order valence-electron chi connectivity index (χ4n) is 5.41. The summed E-state index contributed by atoms with van der Waals surface area (Å²) in [5, 5.41) is 19.5. The van der Waals surface area contributed by atoms with E-state index in [1.165, 1.54) is 10.7 Å². The molecule has 8 aromatic rings. The molecule has 6 heterocycles. The number of pyridine rings is 4. The van der Waals surface area contributed by atoms with Crippen LogP contribution in [0.1, 0.15) is 17.4 Å². The molecule has 0 aliphatic carbocycles. The van der Waals surface area contributed by atoms with Crippen molar-refractivity contribution < 1.29 is 63.7 Å². The van der Waals surface area contributed by atoms with Gasteiger partial charge in [-0.1, -0.05) is 48.5 Å². The van der Waals surface area contributed by atoms with Gasteiger partial charge in [0, 0.05) is 58.9 Å². The minimum Gasteiger partial charge on any atom is -1.00 e. The third-order valence-corrected chi connectivity index (χ3v) is 7.63. The van der Waals surface area contributed by atoms with Gasteiger partial charge in [-0.25, -0.2) is 0 Å². The maximum atomic E-state index is 12.0. The molecule has 1 aliphatic rings. The topological polar surface area (TPSA) is 145 Å². The number of aryl methyl sites for hydroxylation is 1. The summed E-state index contributed by atoms with van der Waals surface area (Å²) >= 11 is 0. The number of aromatic nitrogens is 6. The van der Waals surface area contributed by atoms with Gasteiger partial charge in [-0.15, -0.1) is 0 Å². The van der Waals surface area contributed by atoms with E-state index in [0.717, 1.165) is 43.6 Å². The van der Waals surface area contributed by atoms with Crippen molar-refractivity contribution in [1.29, 1.82) is 0 Å². The van der Waals surface area contributed by atoms with Gasteiger partial charge in [0.25, 0.3) is 0 Å². The van der Waals surface area contributed by atoms with Crippen LogP contribution in [-0.4, -0.2) is 42.5 Å². The van der Waals surface area contributed by atoms with E-state index in [9.17, 15) is 14.7 Å². The molecule has 0 saturated heterocycles. The Hall–Kier alpha value is -5.29. The number of benzene rings is 3. The number of aromatic carboxylic acids is 1. The Kier molecular flexibility index (Phi) is 12.3. The van der Waals surface area contributed by atoms with Gasteiger partial charge >= 0.3 is 19.5 Å². The monoisotopic (exact) mass is 793 g/mol. The molecular formula is C36H25Cl2N6O5Ru. The number of carbonyl (C=O) groups excluding carboxylic acids is 1. The fourth-order valence-corrected chi connectivity index (χ4v) is 5.41. The summed E-state index contributed by atoms with van der Waals surface area (Å²) in [6.45, 7) is 2.28. The standard InChI is InChI=1S/C12H10N2O5.2C12H8N2.2ClH.Ru/c1-2-14-7-4-9-8(18-5-19-9)3-6(7)11(15)10(13-14)12(16)17;2*1-3-9-5-6-10-4-2-8-14-12(10)11(9)13-7-1;;;/h3-4H,2,5H2,1H3,(H,16,17);2*1-8H;2*1H;/q;;;;;+3/p-3. The smallest absolute Gasteiger partial charge is 1.00 e. The molecule has 9 rings (SSSR count). The second kappa shape index (κ2) is 16.4. The van der Waals surface area contributed by atoms with Crippen molar-refractivity contribution in [3.63, 3.8) is 0 Å². The number of carbonyl (C=O) groups is 1. The van der Waals surface area contributed by atoms with Crippen molar-refractivity contribution >= 4 is 60.5 Å². The number of hydrogen-bond acceptors (Lipinski definition) is 10. The zero-order chi connectivity index (χ0) is 32.3. The predicted molar refractivity (Wildman–Crippen MR) is 176 cm³/mol. The van der Waals surface area contributed by atoms with Crippen LogP contribution >= 0.6 is 0 Å². The Morgan fingerprint density at radius 2 is 1.10 bits per heavy atom. The molecule has 14 heteroatoms. The number of carboxylic acids is 1. The average molecular weight is 794 g/mol. The number of carboxylic acid groups (broad SMARTS) is 1. The number of nitrogens with zero attached hydrogens (tertiary/aromatic N) is 6. The van der Waals surface area contributed by atoms with Crippen molar-refractivity contribution in [1.82, 2.24) is 29.7 Å². The molecule has 0 bridgehead atoms. The minimum atomic E-state index is -1.59. The van der Waals surface area contributed by atoms with E-state index in [4.69, 9.17) is 9.47 Å². The molecule has 0 saturated carbocycles. The van der Waals surface area contributed by atoms with Crippen LogP contribution in [0.15, 0.2) is 115 Å².